The summed E-state index contributed by atoms with van der Waals surface area (Å²) in [5.74, 6) is 0. The van der Waals surface area contributed by atoms with Gasteiger partial charge in [0.15, 0.2) is 0 Å². The highest BCUT2D eigenvalue weighted by Crippen LogP contribution is 2.39. The Kier molecular flexibility index (Phi) is 5.91. The van der Waals surface area contributed by atoms with E-state index in [2.05, 4.69) is 44.0 Å². The van der Waals surface area contributed by atoms with Crippen LogP contribution in [0, 0.1) is 0 Å². The van der Waals surface area contributed by atoms with Gasteiger partial charge in [-0.2, -0.15) is 0 Å². The molecule has 1 saturated heterocycles. The second-order valence-corrected chi connectivity index (χ2v) is 8.85. The first-order valence-corrected chi connectivity index (χ1v) is 9.13. The van der Waals surface area contributed by atoms with E-state index in [9.17, 15) is 4.79 Å². The van der Waals surface area contributed by atoms with Crippen LogP contribution in [-0.4, -0.2) is 61.1 Å². The smallest absolute Gasteiger partial charge is 0.444 e. The van der Waals surface area contributed by atoms with Crippen molar-refractivity contribution in [2.24, 2.45) is 0 Å². The summed E-state index contributed by atoms with van der Waals surface area (Å²) in [4.78, 5) is 13.9. The largest absolute Gasteiger partial charge is 0.490 e. The quantitative estimate of drug-likeness (QED) is 0.789. The molecule has 0 aliphatic carbocycles. The van der Waals surface area contributed by atoms with Crippen LogP contribution >= 0.6 is 0 Å². The molecule has 0 spiro atoms. The minimum atomic E-state index is -0.463. The van der Waals surface area contributed by atoms with Crippen molar-refractivity contribution in [2.75, 3.05) is 26.2 Å². The molecule has 25 heavy (non-hydrogen) atoms. The molecule has 6 nitrogen and oxygen atoms in total. The normalized spacial score (nSPS) is 23.3. The van der Waals surface area contributed by atoms with Crippen molar-refractivity contribution < 1.29 is 18.8 Å². The van der Waals surface area contributed by atoms with Crippen LogP contribution in [0.4, 0.5) is 4.79 Å². The monoisotopic (exact) mass is 352 g/mol. The lowest BCUT2D eigenvalue weighted by atomic mass is 9.75. The zero-order valence-corrected chi connectivity index (χ0v) is 16.8. The minimum absolute atomic E-state index is 0.243. The van der Waals surface area contributed by atoms with E-state index >= 15 is 0 Å². The second kappa shape index (κ2) is 7.29. The Morgan fingerprint density at radius 3 is 2.36 bits per heavy atom. The summed E-state index contributed by atoms with van der Waals surface area (Å²) in [5.41, 5.74) is 0.158. The van der Waals surface area contributed by atoms with Crippen molar-refractivity contribution in [3.63, 3.8) is 0 Å². The Balaban J connectivity index is 1.75. The van der Waals surface area contributed by atoms with Crippen LogP contribution in [0.2, 0.25) is 0 Å². The number of rotatable bonds is 4. The molecule has 7 heteroatoms. The predicted octanol–water partition coefficient (Wildman–Crippen LogP) is 2.77. The van der Waals surface area contributed by atoms with Crippen LogP contribution in [0.5, 0.6) is 0 Å². The van der Waals surface area contributed by atoms with Gasteiger partial charge in [0, 0.05) is 26.2 Å². The number of carbonyl (C=O) groups is 1. The number of hydrogen-bond acceptors (Lipinski definition) is 5. The highest BCUT2D eigenvalue weighted by atomic mass is 16.7. The van der Waals surface area contributed by atoms with Gasteiger partial charge in [-0.1, -0.05) is 6.08 Å². The van der Waals surface area contributed by atoms with E-state index in [4.69, 9.17) is 14.0 Å². The van der Waals surface area contributed by atoms with Crippen molar-refractivity contribution in [3.8, 4) is 0 Å². The molecule has 2 heterocycles. The van der Waals surface area contributed by atoms with Gasteiger partial charge >= 0.3 is 13.2 Å². The van der Waals surface area contributed by atoms with Crippen LogP contribution < -0.4 is 5.32 Å². The molecule has 0 aromatic heterocycles. The van der Waals surface area contributed by atoms with Gasteiger partial charge in [-0.15, -0.1) is 0 Å². The number of carbonyl (C=O) groups excluding carboxylic acids is 1. The van der Waals surface area contributed by atoms with Crippen molar-refractivity contribution in [1.82, 2.24) is 10.2 Å². The van der Waals surface area contributed by atoms with Gasteiger partial charge in [-0.25, -0.2) is 4.79 Å². The molecule has 0 unspecified atom stereocenters. The lowest BCUT2D eigenvalue weighted by Gasteiger charge is -2.32. The molecule has 0 atom stereocenters. The Hall–Kier alpha value is -1.05. The Labute approximate surface area is 152 Å². The number of alkyl carbamates (subject to hydrolysis) is 1. The Morgan fingerprint density at radius 1 is 1.28 bits per heavy atom. The maximum Gasteiger partial charge on any atom is 0.490 e. The fraction of sp³-hybridized carbons (Fsp3) is 0.833. The molecule has 0 radical (unpaired) electrons. The number of nitrogens with one attached hydrogen (secondary N) is 1. The fourth-order valence-electron chi connectivity index (χ4n) is 2.77. The summed E-state index contributed by atoms with van der Waals surface area (Å²) in [6.45, 7) is 17.0. The third-order valence-corrected chi connectivity index (χ3v) is 4.98. The molecule has 1 N–H and O–H groups in total. The lowest BCUT2D eigenvalue weighted by Crippen LogP contribution is -2.41. The first-order chi connectivity index (χ1) is 11.4. The van der Waals surface area contributed by atoms with Crippen LogP contribution in [-0.2, 0) is 14.0 Å². The fourth-order valence-corrected chi connectivity index (χ4v) is 2.77. The van der Waals surface area contributed by atoms with Crippen LogP contribution in [0.15, 0.2) is 11.5 Å². The average molecular weight is 352 g/mol. The molecule has 0 bridgehead atoms. The van der Waals surface area contributed by atoms with Crippen molar-refractivity contribution in [2.45, 2.75) is 71.7 Å². The van der Waals surface area contributed by atoms with E-state index in [1.54, 1.807) is 0 Å². The number of nitrogens with zero attached hydrogens (tertiary/aromatic N) is 1. The van der Waals surface area contributed by atoms with E-state index in [1.807, 2.05) is 20.8 Å². The molecule has 1 amide bonds. The topological polar surface area (TPSA) is 60.0 Å². The van der Waals surface area contributed by atoms with E-state index in [0.717, 1.165) is 26.1 Å². The Bertz CT molecular complexity index is 510. The molecule has 0 aromatic rings. The average Bonchev–Trinajstić information content (AvgIpc) is 2.66. The molecule has 0 saturated carbocycles. The number of amides is 1. The summed E-state index contributed by atoms with van der Waals surface area (Å²) in [6.07, 6.45) is 2.75. The lowest BCUT2D eigenvalue weighted by molar-refractivity contribution is 0.00578. The summed E-state index contributed by atoms with van der Waals surface area (Å²) in [6, 6.07) is 0. The van der Waals surface area contributed by atoms with Crippen molar-refractivity contribution in [1.29, 1.82) is 0 Å². The third-order valence-electron chi connectivity index (χ3n) is 4.98. The summed E-state index contributed by atoms with van der Waals surface area (Å²) in [5, 5.41) is 2.80. The molecular weight excluding hydrogens is 319 g/mol. The second-order valence-electron chi connectivity index (χ2n) is 8.85. The van der Waals surface area contributed by atoms with Crippen molar-refractivity contribution in [3.05, 3.63) is 11.5 Å². The molecule has 2 aliphatic heterocycles. The highest BCUT2D eigenvalue weighted by molar-refractivity contribution is 6.54. The van der Waals surface area contributed by atoms with E-state index in [1.165, 1.54) is 5.47 Å². The first kappa shape index (κ1) is 20.3. The van der Waals surface area contributed by atoms with Crippen LogP contribution in [0.25, 0.3) is 0 Å². The summed E-state index contributed by atoms with van der Waals surface area (Å²) < 4.78 is 17.5. The molecule has 0 aromatic carbocycles. The molecule has 2 rings (SSSR count). The minimum Gasteiger partial charge on any atom is -0.444 e. The van der Waals surface area contributed by atoms with Gasteiger partial charge in [0.05, 0.1) is 11.2 Å². The summed E-state index contributed by atoms with van der Waals surface area (Å²) >= 11 is 0. The maximum absolute atomic E-state index is 11.7. The van der Waals surface area contributed by atoms with Gasteiger partial charge in [-0.3, -0.25) is 4.90 Å². The predicted molar refractivity (Wildman–Crippen MR) is 99.5 cm³/mol. The third kappa shape index (κ3) is 5.46. The molecular formula is C18H33BN2O4. The maximum atomic E-state index is 11.7. The van der Waals surface area contributed by atoms with Crippen LogP contribution in [0.3, 0.4) is 0 Å². The molecule has 142 valence electrons. The zero-order chi connectivity index (χ0) is 18.9. The van der Waals surface area contributed by atoms with Gasteiger partial charge in [0.2, 0.25) is 0 Å². The van der Waals surface area contributed by atoms with E-state index < -0.39 is 5.60 Å². The zero-order valence-electron chi connectivity index (χ0n) is 16.8. The molecule has 1 fully saturated rings. The highest BCUT2D eigenvalue weighted by Gasteiger charge is 2.52. The molecule has 2 aliphatic rings. The Morgan fingerprint density at radius 2 is 1.88 bits per heavy atom. The number of hydrogen-bond donors (Lipinski definition) is 1. The van der Waals surface area contributed by atoms with Crippen LogP contribution in [0.1, 0.15) is 54.9 Å². The van der Waals surface area contributed by atoms with E-state index in [0.29, 0.717) is 6.54 Å². The SMILES string of the molecule is CC(C)(C)OC(=O)NCCN1CC=C(B2OC(C)(C)C(C)(C)O2)CC1. The van der Waals surface area contributed by atoms with Gasteiger partial charge in [0.25, 0.3) is 0 Å². The standard InChI is InChI=1S/C18H33BN2O4/c1-16(2,3)23-15(22)20-10-13-21-11-8-14(9-12-21)19-24-17(4,5)18(6,7)25-19/h8H,9-13H2,1-7H3,(H,20,22). The number of ether oxygens (including phenoxy) is 1. The first-order valence-electron chi connectivity index (χ1n) is 9.13. The van der Waals surface area contributed by atoms with E-state index in [-0.39, 0.29) is 24.4 Å². The van der Waals surface area contributed by atoms with Gasteiger partial charge < -0.3 is 19.4 Å². The van der Waals surface area contributed by atoms with Crippen molar-refractivity contribution >= 4 is 13.2 Å². The van der Waals surface area contributed by atoms with Gasteiger partial charge in [-0.05, 0) is 60.4 Å². The van der Waals surface area contributed by atoms with Gasteiger partial charge in [0.1, 0.15) is 5.60 Å². The summed E-state index contributed by atoms with van der Waals surface area (Å²) in [7, 11) is -0.243.